The second-order valence-corrected chi connectivity index (χ2v) is 5.09. The van der Waals surface area contributed by atoms with E-state index in [9.17, 15) is 4.79 Å². The van der Waals surface area contributed by atoms with E-state index in [-0.39, 0.29) is 5.97 Å². The number of thioether (sulfide) groups is 1. The topological polar surface area (TPSA) is 39.2 Å². The van der Waals surface area contributed by atoms with Gasteiger partial charge >= 0.3 is 5.97 Å². The van der Waals surface area contributed by atoms with Crippen LogP contribution in [0.2, 0.25) is 0 Å². The molecule has 0 fully saturated rings. The zero-order valence-electron chi connectivity index (χ0n) is 10.7. The second kappa shape index (κ2) is 5.40. The van der Waals surface area contributed by atoms with E-state index in [2.05, 4.69) is 21.9 Å². The van der Waals surface area contributed by atoms with Crippen LogP contribution in [0.3, 0.4) is 0 Å². The summed E-state index contributed by atoms with van der Waals surface area (Å²) in [5.41, 5.74) is 3.23. The van der Waals surface area contributed by atoms with Gasteiger partial charge in [-0.05, 0) is 31.0 Å². The summed E-state index contributed by atoms with van der Waals surface area (Å²) >= 11 is 1.42. The lowest BCUT2D eigenvalue weighted by atomic mass is 10.1. The fourth-order valence-corrected chi connectivity index (χ4v) is 2.58. The third-order valence-corrected chi connectivity index (χ3v) is 3.81. The van der Waals surface area contributed by atoms with Crippen molar-refractivity contribution in [3.8, 4) is 0 Å². The largest absolute Gasteiger partial charge is 0.468 e. The summed E-state index contributed by atoms with van der Waals surface area (Å²) in [6, 6.07) is 8.23. The number of hydrogen-bond donors (Lipinski definition) is 0. The third kappa shape index (κ3) is 2.64. The summed E-state index contributed by atoms with van der Waals surface area (Å²) in [5, 5.41) is 2.03. The molecular formula is C14H15NO2S. The lowest BCUT2D eigenvalue weighted by Crippen LogP contribution is -2.03. The van der Waals surface area contributed by atoms with Crippen molar-refractivity contribution in [1.29, 1.82) is 0 Å². The van der Waals surface area contributed by atoms with Crippen molar-refractivity contribution in [1.82, 2.24) is 4.98 Å². The van der Waals surface area contributed by atoms with Gasteiger partial charge in [-0.1, -0.05) is 30.0 Å². The zero-order chi connectivity index (χ0) is 13.1. The smallest absolute Gasteiger partial charge is 0.316 e. The Hall–Kier alpha value is -1.55. The van der Waals surface area contributed by atoms with Gasteiger partial charge in [-0.15, -0.1) is 0 Å². The van der Waals surface area contributed by atoms with Gasteiger partial charge in [0.2, 0.25) is 0 Å². The molecule has 0 spiro atoms. The molecule has 0 N–H and O–H groups in total. The molecule has 1 aromatic heterocycles. The molecule has 0 aliphatic rings. The number of aromatic nitrogens is 1. The van der Waals surface area contributed by atoms with Crippen LogP contribution in [-0.4, -0.2) is 23.8 Å². The van der Waals surface area contributed by atoms with Crippen molar-refractivity contribution in [2.75, 3.05) is 12.9 Å². The molecule has 94 valence electrons. The molecule has 1 heterocycles. The number of ether oxygens (including phenoxy) is 1. The van der Waals surface area contributed by atoms with Crippen LogP contribution in [0.5, 0.6) is 0 Å². The van der Waals surface area contributed by atoms with Gasteiger partial charge in [-0.2, -0.15) is 0 Å². The maximum atomic E-state index is 11.2. The molecule has 18 heavy (non-hydrogen) atoms. The van der Waals surface area contributed by atoms with Crippen LogP contribution < -0.4 is 0 Å². The highest BCUT2D eigenvalue weighted by atomic mass is 32.2. The zero-order valence-corrected chi connectivity index (χ0v) is 11.5. The Kier molecular flexibility index (Phi) is 3.87. The van der Waals surface area contributed by atoms with Crippen LogP contribution >= 0.6 is 11.8 Å². The van der Waals surface area contributed by atoms with Gasteiger partial charge in [-0.25, -0.2) is 4.98 Å². The molecule has 0 saturated carbocycles. The number of rotatable bonds is 3. The number of pyridine rings is 1. The first kappa shape index (κ1) is 12.9. The Morgan fingerprint density at radius 3 is 2.83 bits per heavy atom. The van der Waals surface area contributed by atoms with Gasteiger partial charge < -0.3 is 4.74 Å². The van der Waals surface area contributed by atoms with Crippen LogP contribution in [0.25, 0.3) is 10.9 Å². The molecule has 0 saturated heterocycles. The summed E-state index contributed by atoms with van der Waals surface area (Å²) in [7, 11) is 1.40. The number of fused-ring (bicyclic) bond motifs is 1. The number of methoxy groups -OCH3 is 1. The van der Waals surface area contributed by atoms with Crippen LogP contribution in [-0.2, 0) is 9.53 Å². The van der Waals surface area contributed by atoms with Gasteiger partial charge in [0, 0.05) is 5.39 Å². The monoisotopic (exact) mass is 261 g/mol. The van der Waals surface area contributed by atoms with E-state index in [0.29, 0.717) is 5.75 Å². The Morgan fingerprint density at radius 2 is 2.11 bits per heavy atom. The lowest BCUT2D eigenvalue weighted by Gasteiger charge is -2.08. The Balaban J connectivity index is 2.36. The number of nitrogens with zero attached hydrogens (tertiary/aromatic N) is 1. The van der Waals surface area contributed by atoms with Crippen molar-refractivity contribution in [3.05, 3.63) is 35.4 Å². The van der Waals surface area contributed by atoms with E-state index in [0.717, 1.165) is 27.1 Å². The SMILES string of the molecule is COC(=O)CSc1nc2c(C)cccc2cc1C. The van der Waals surface area contributed by atoms with Gasteiger partial charge in [0.05, 0.1) is 18.4 Å². The van der Waals surface area contributed by atoms with Crippen molar-refractivity contribution in [2.45, 2.75) is 18.9 Å². The summed E-state index contributed by atoms with van der Waals surface area (Å²) < 4.78 is 4.64. The van der Waals surface area contributed by atoms with Crippen LogP contribution in [0.4, 0.5) is 0 Å². The van der Waals surface area contributed by atoms with Crippen molar-refractivity contribution < 1.29 is 9.53 Å². The van der Waals surface area contributed by atoms with Gasteiger partial charge in [0.15, 0.2) is 0 Å². The summed E-state index contributed by atoms with van der Waals surface area (Å²) in [6.45, 7) is 4.05. The molecule has 2 aromatic rings. The predicted molar refractivity (Wildman–Crippen MR) is 74.0 cm³/mol. The summed E-state index contributed by atoms with van der Waals surface area (Å²) in [6.07, 6.45) is 0. The fraction of sp³-hybridized carbons (Fsp3) is 0.286. The molecule has 3 nitrogen and oxygen atoms in total. The minimum atomic E-state index is -0.230. The molecule has 4 heteroatoms. The Morgan fingerprint density at radius 1 is 1.33 bits per heavy atom. The number of carbonyl (C=O) groups excluding carboxylic acids is 1. The highest BCUT2D eigenvalue weighted by Gasteiger charge is 2.08. The van der Waals surface area contributed by atoms with Crippen LogP contribution in [0.15, 0.2) is 29.3 Å². The summed E-state index contributed by atoms with van der Waals surface area (Å²) in [4.78, 5) is 15.8. The maximum absolute atomic E-state index is 11.2. The average Bonchev–Trinajstić information content (AvgIpc) is 2.36. The summed E-state index contributed by atoms with van der Waals surface area (Å²) in [5.74, 6) is 0.0629. The van der Waals surface area contributed by atoms with Gasteiger partial charge in [-0.3, -0.25) is 4.79 Å². The molecule has 0 radical (unpaired) electrons. The standard InChI is InChI=1S/C14H15NO2S/c1-9-5-4-6-11-7-10(2)14(15-13(9)11)18-8-12(16)17-3/h4-7H,8H2,1-3H3. The quantitative estimate of drug-likeness (QED) is 0.628. The number of aryl methyl sites for hydroxylation is 2. The van der Waals surface area contributed by atoms with Crippen molar-refractivity contribution >= 4 is 28.6 Å². The van der Waals surface area contributed by atoms with E-state index in [1.165, 1.54) is 18.9 Å². The van der Waals surface area contributed by atoms with Crippen LogP contribution in [0.1, 0.15) is 11.1 Å². The van der Waals surface area contributed by atoms with E-state index >= 15 is 0 Å². The molecular weight excluding hydrogens is 246 g/mol. The molecule has 0 amide bonds. The second-order valence-electron chi connectivity index (χ2n) is 4.12. The van der Waals surface area contributed by atoms with Crippen molar-refractivity contribution in [2.24, 2.45) is 0 Å². The van der Waals surface area contributed by atoms with Gasteiger partial charge in [0.25, 0.3) is 0 Å². The first-order valence-corrected chi connectivity index (χ1v) is 6.67. The van der Waals surface area contributed by atoms with E-state index in [1.54, 1.807) is 0 Å². The highest BCUT2D eigenvalue weighted by Crippen LogP contribution is 2.25. The van der Waals surface area contributed by atoms with E-state index in [1.807, 2.05) is 26.0 Å². The third-order valence-electron chi connectivity index (χ3n) is 2.75. The molecule has 1 aromatic carbocycles. The minimum Gasteiger partial charge on any atom is -0.468 e. The minimum absolute atomic E-state index is 0.230. The van der Waals surface area contributed by atoms with E-state index in [4.69, 9.17) is 0 Å². The first-order valence-electron chi connectivity index (χ1n) is 5.68. The number of benzene rings is 1. The molecule has 0 unspecified atom stereocenters. The molecule has 0 bridgehead atoms. The van der Waals surface area contributed by atoms with E-state index < -0.39 is 0 Å². The fourth-order valence-electron chi connectivity index (χ4n) is 1.77. The Labute approximate surface area is 111 Å². The van der Waals surface area contributed by atoms with Crippen molar-refractivity contribution in [3.63, 3.8) is 0 Å². The first-order chi connectivity index (χ1) is 8.61. The highest BCUT2D eigenvalue weighted by molar-refractivity contribution is 7.99. The van der Waals surface area contributed by atoms with Gasteiger partial charge in [0.1, 0.15) is 5.03 Å². The number of esters is 1. The molecule has 0 aliphatic carbocycles. The number of hydrogen-bond acceptors (Lipinski definition) is 4. The Bertz CT molecular complexity index is 596. The van der Waals surface area contributed by atoms with Crippen LogP contribution in [0, 0.1) is 13.8 Å². The lowest BCUT2D eigenvalue weighted by molar-refractivity contribution is -0.137. The molecule has 2 rings (SSSR count). The predicted octanol–water partition coefficient (Wildman–Crippen LogP) is 3.12. The number of carbonyl (C=O) groups is 1. The molecule has 0 atom stereocenters. The average molecular weight is 261 g/mol. The number of para-hydroxylation sites is 1. The molecule has 0 aliphatic heterocycles. The normalized spacial score (nSPS) is 10.6. The maximum Gasteiger partial charge on any atom is 0.316 e.